The van der Waals surface area contributed by atoms with Gasteiger partial charge >= 0.3 is 6.18 Å². The van der Waals surface area contributed by atoms with Crippen LogP contribution < -0.4 is 5.73 Å². The van der Waals surface area contributed by atoms with Gasteiger partial charge in [0.2, 0.25) is 0 Å². The topological polar surface area (TPSA) is 43.8 Å². The molecule has 23 heavy (non-hydrogen) atoms. The molecule has 1 heterocycles. The Morgan fingerprint density at radius 2 is 1.87 bits per heavy atom. The quantitative estimate of drug-likeness (QED) is 0.831. The van der Waals surface area contributed by atoms with Gasteiger partial charge in [-0.05, 0) is 37.1 Å². The lowest BCUT2D eigenvalue weighted by Crippen LogP contribution is -2.23. The van der Waals surface area contributed by atoms with Gasteiger partial charge < -0.3 is 5.73 Å². The second kappa shape index (κ2) is 6.92. The van der Waals surface area contributed by atoms with Crippen LogP contribution in [0.1, 0.15) is 24.6 Å². The smallest absolute Gasteiger partial charge is 0.327 e. The molecule has 0 saturated heterocycles. The highest BCUT2D eigenvalue weighted by molar-refractivity contribution is 7.99. The minimum atomic E-state index is -4.54. The van der Waals surface area contributed by atoms with Gasteiger partial charge in [-0.3, -0.25) is 4.68 Å². The average Bonchev–Trinajstić information content (AvgIpc) is 2.78. The molecule has 126 valence electrons. The molecule has 2 N–H and O–H groups in total. The first kappa shape index (κ1) is 17.8. The SMILES string of the molecule is CCC(N)Cc1c(C(F)(F)F)nn(C)c1Sc1ccc(F)cc1. The number of hydrogen-bond acceptors (Lipinski definition) is 3. The summed E-state index contributed by atoms with van der Waals surface area (Å²) < 4.78 is 53.8. The fraction of sp³-hybridized carbons (Fsp3) is 0.400. The monoisotopic (exact) mass is 347 g/mol. The first-order chi connectivity index (χ1) is 10.7. The number of nitrogens with two attached hydrogens (primary N) is 1. The molecule has 2 aromatic rings. The van der Waals surface area contributed by atoms with Gasteiger partial charge in [-0.2, -0.15) is 18.3 Å². The standard InChI is InChI=1S/C15H17F4N3S/c1-3-10(20)8-12-13(15(17,18)19)21-22(2)14(12)23-11-6-4-9(16)5-7-11/h4-7,10H,3,8,20H2,1-2H3. The number of alkyl halides is 3. The molecule has 3 nitrogen and oxygen atoms in total. The summed E-state index contributed by atoms with van der Waals surface area (Å²) in [6.07, 6.45) is -3.89. The lowest BCUT2D eigenvalue weighted by Gasteiger charge is -2.12. The van der Waals surface area contributed by atoms with Crippen LogP contribution in [0.4, 0.5) is 17.6 Å². The Morgan fingerprint density at radius 1 is 1.26 bits per heavy atom. The van der Waals surface area contributed by atoms with Crippen molar-refractivity contribution in [1.29, 1.82) is 0 Å². The molecule has 0 saturated carbocycles. The van der Waals surface area contributed by atoms with Gasteiger partial charge in [0.1, 0.15) is 10.8 Å². The van der Waals surface area contributed by atoms with E-state index in [1.165, 1.54) is 36.0 Å². The summed E-state index contributed by atoms with van der Waals surface area (Å²) >= 11 is 1.12. The van der Waals surface area contributed by atoms with Crippen molar-refractivity contribution >= 4 is 11.8 Å². The van der Waals surface area contributed by atoms with E-state index in [1.54, 1.807) is 0 Å². The van der Waals surface area contributed by atoms with Crippen LogP contribution in [0, 0.1) is 5.82 Å². The maximum Gasteiger partial charge on any atom is 0.435 e. The summed E-state index contributed by atoms with van der Waals surface area (Å²) in [5.74, 6) is -0.399. The molecule has 8 heteroatoms. The number of aromatic nitrogens is 2. The second-order valence-corrected chi connectivity index (χ2v) is 6.24. The lowest BCUT2D eigenvalue weighted by atomic mass is 10.1. The summed E-state index contributed by atoms with van der Waals surface area (Å²) in [6.45, 7) is 1.82. The van der Waals surface area contributed by atoms with Crippen molar-refractivity contribution in [3.63, 3.8) is 0 Å². The molecule has 0 aliphatic rings. The number of hydrogen-bond donors (Lipinski definition) is 1. The summed E-state index contributed by atoms with van der Waals surface area (Å²) in [7, 11) is 1.46. The van der Waals surface area contributed by atoms with Crippen LogP contribution in [0.3, 0.4) is 0 Å². The summed E-state index contributed by atoms with van der Waals surface area (Å²) in [4.78, 5) is 0.634. The lowest BCUT2D eigenvalue weighted by molar-refractivity contribution is -0.142. The summed E-state index contributed by atoms with van der Waals surface area (Å²) in [5, 5.41) is 3.99. The Bertz CT molecular complexity index is 665. The number of benzene rings is 1. The first-order valence-electron chi connectivity index (χ1n) is 7.04. The van der Waals surface area contributed by atoms with E-state index in [1.807, 2.05) is 6.92 Å². The highest BCUT2D eigenvalue weighted by atomic mass is 32.2. The molecular formula is C15H17F4N3S. The summed E-state index contributed by atoms with van der Waals surface area (Å²) in [6, 6.07) is 5.18. The van der Waals surface area contributed by atoms with Crippen LogP contribution >= 0.6 is 11.8 Å². The van der Waals surface area contributed by atoms with Crippen LogP contribution in [0.2, 0.25) is 0 Å². The maximum absolute atomic E-state index is 13.2. The van der Waals surface area contributed by atoms with Crippen molar-refractivity contribution in [1.82, 2.24) is 9.78 Å². The van der Waals surface area contributed by atoms with E-state index >= 15 is 0 Å². The molecule has 2 rings (SSSR count). The molecule has 0 fully saturated rings. The van der Waals surface area contributed by atoms with Gasteiger partial charge in [-0.1, -0.05) is 18.7 Å². The van der Waals surface area contributed by atoms with Crippen LogP contribution in [0.25, 0.3) is 0 Å². The largest absolute Gasteiger partial charge is 0.435 e. The van der Waals surface area contributed by atoms with Gasteiger partial charge in [-0.15, -0.1) is 0 Å². The highest BCUT2D eigenvalue weighted by Crippen LogP contribution is 2.39. The Balaban J connectivity index is 2.44. The van der Waals surface area contributed by atoms with E-state index in [-0.39, 0.29) is 18.0 Å². The van der Waals surface area contributed by atoms with E-state index < -0.39 is 17.7 Å². The fourth-order valence-electron chi connectivity index (χ4n) is 2.11. The molecule has 1 atom stereocenters. The molecule has 0 amide bonds. The Kier molecular flexibility index (Phi) is 5.36. The third-order valence-corrected chi connectivity index (χ3v) is 4.59. The number of rotatable bonds is 5. The minimum Gasteiger partial charge on any atom is -0.327 e. The van der Waals surface area contributed by atoms with Gasteiger partial charge in [0.15, 0.2) is 5.69 Å². The van der Waals surface area contributed by atoms with Gasteiger partial charge in [0.05, 0.1) is 0 Å². The van der Waals surface area contributed by atoms with Crippen molar-refractivity contribution in [3.05, 3.63) is 41.3 Å². The highest BCUT2D eigenvalue weighted by Gasteiger charge is 2.39. The van der Waals surface area contributed by atoms with Gasteiger partial charge in [0.25, 0.3) is 0 Å². The van der Waals surface area contributed by atoms with E-state index in [2.05, 4.69) is 5.10 Å². The number of aryl methyl sites for hydroxylation is 1. The van der Waals surface area contributed by atoms with Crippen LogP contribution in [0.5, 0.6) is 0 Å². The van der Waals surface area contributed by atoms with Crippen LogP contribution in [0.15, 0.2) is 34.2 Å². The molecule has 0 spiro atoms. The normalized spacial score (nSPS) is 13.3. The van der Waals surface area contributed by atoms with E-state index in [0.29, 0.717) is 16.3 Å². The van der Waals surface area contributed by atoms with E-state index in [4.69, 9.17) is 5.73 Å². The molecule has 0 aliphatic carbocycles. The van der Waals surface area contributed by atoms with Crippen LogP contribution in [-0.4, -0.2) is 15.8 Å². The zero-order valence-corrected chi connectivity index (χ0v) is 13.5. The van der Waals surface area contributed by atoms with Gasteiger partial charge in [0, 0.05) is 23.5 Å². The van der Waals surface area contributed by atoms with Crippen molar-refractivity contribution in [3.8, 4) is 0 Å². The number of nitrogens with zero attached hydrogens (tertiary/aromatic N) is 2. The fourth-order valence-corrected chi connectivity index (χ4v) is 3.08. The number of halogens is 4. The van der Waals surface area contributed by atoms with Crippen molar-refractivity contribution in [2.75, 3.05) is 0 Å². The molecule has 0 radical (unpaired) electrons. The molecule has 0 bridgehead atoms. The zero-order valence-electron chi connectivity index (χ0n) is 12.7. The Labute approximate surface area is 135 Å². The average molecular weight is 347 g/mol. The molecule has 1 aromatic carbocycles. The Hall–Kier alpha value is -1.54. The molecule has 1 aromatic heterocycles. The minimum absolute atomic E-state index is 0.0860. The van der Waals surface area contributed by atoms with Gasteiger partial charge in [-0.25, -0.2) is 4.39 Å². The van der Waals surface area contributed by atoms with Crippen molar-refractivity contribution in [2.45, 2.75) is 41.9 Å². The third kappa shape index (κ3) is 4.26. The summed E-state index contributed by atoms with van der Waals surface area (Å²) in [5.41, 5.74) is 5.02. The van der Waals surface area contributed by atoms with Crippen LogP contribution in [-0.2, 0) is 19.6 Å². The zero-order chi connectivity index (χ0) is 17.2. The third-order valence-electron chi connectivity index (χ3n) is 3.38. The molecule has 0 aliphatic heterocycles. The Morgan fingerprint density at radius 3 is 2.39 bits per heavy atom. The van der Waals surface area contributed by atoms with Crippen molar-refractivity contribution < 1.29 is 17.6 Å². The maximum atomic E-state index is 13.2. The van der Waals surface area contributed by atoms with E-state index in [9.17, 15) is 17.6 Å². The molecular weight excluding hydrogens is 330 g/mol. The van der Waals surface area contributed by atoms with E-state index in [0.717, 1.165) is 11.8 Å². The first-order valence-corrected chi connectivity index (χ1v) is 7.86. The predicted octanol–water partition coefficient (Wildman–Crippen LogP) is 4.01. The predicted molar refractivity (Wildman–Crippen MR) is 80.7 cm³/mol. The second-order valence-electron chi connectivity index (χ2n) is 5.18. The van der Waals surface area contributed by atoms with Crippen molar-refractivity contribution in [2.24, 2.45) is 12.8 Å². The molecule has 1 unspecified atom stereocenters.